The van der Waals surface area contributed by atoms with E-state index in [1.807, 2.05) is 35.2 Å². The number of nitrogens with zero attached hydrogens (tertiary/aromatic N) is 1. The highest BCUT2D eigenvalue weighted by molar-refractivity contribution is 5.94. The molecule has 0 N–H and O–H groups in total. The zero-order valence-corrected chi connectivity index (χ0v) is 8.43. The van der Waals surface area contributed by atoms with Crippen molar-refractivity contribution < 1.29 is 9.53 Å². The highest BCUT2D eigenvalue weighted by Gasteiger charge is 2.41. The Balaban J connectivity index is 1.81. The first kappa shape index (κ1) is 8.92. The van der Waals surface area contributed by atoms with Gasteiger partial charge in [0.2, 0.25) is 0 Å². The summed E-state index contributed by atoms with van der Waals surface area (Å²) >= 11 is 0. The van der Waals surface area contributed by atoms with E-state index in [-0.39, 0.29) is 12.0 Å². The third-order valence-electron chi connectivity index (χ3n) is 3.18. The molecule has 2 fully saturated rings. The van der Waals surface area contributed by atoms with Crippen molar-refractivity contribution in [1.29, 1.82) is 0 Å². The molecular weight excluding hydrogens is 190 g/mol. The molecule has 78 valence electrons. The van der Waals surface area contributed by atoms with Gasteiger partial charge in [0.15, 0.2) is 0 Å². The first-order valence-electron chi connectivity index (χ1n) is 5.32. The van der Waals surface area contributed by atoms with Crippen molar-refractivity contribution in [3.8, 4) is 0 Å². The van der Waals surface area contributed by atoms with Gasteiger partial charge >= 0.3 is 0 Å². The van der Waals surface area contributed by atoms with Crippen molar-refractivity contribution in [3.63, 3.8) is 0 Å². The van der Waals surface area contributed by atoms with Gasteiger partial charge in [-0.15, -0.1) is 0 Å². The molecule has 2 atom stereocenters. The standard InChI is InChI=1S/C12H13NO2/c14-12(9-4-2-1-3-5-9)13-7-11-6-10(13)8-15-11/h1-5,10-11H,6-8H2/t10-,11-/m0/s1. The highest BCUT2D eigenvalue weighted by atomic mass is 16.5. The molecule has 2 heterocycles. The van der Waals surface area contributed by atoms with Gasteiger partial charge in [-0.25, -0.2) is 0 Å². The number of carbonyl (C=O) groups excluding carboxylic acids is 1. The van der Waals surface area contributed by atoms with Gasteiger partial charge in [-0.3, -0.25) is 4.79 Å². The largest absolute Gasteiger partial charge is 0.374 e. The van der Waals surface area contributed by atoms with E-state index in [0.29, 0.717) is 12.6 Å². The third kappa shape index (κ3) is 1.43. The molecule has 15 heavy (non-hydrogen) atoms. The lowest BCUT2D eigenvalue weighted by atomic mass is 10.2. The van der Waals surface area contributed by atoms with Gasteiger partial charge in [0.05, 0.1) is 18.8 Å². The Morgan fingerprint density at radius 2 is 2.13 bits per heavy atom. The van der Waals surface area contributed by atoms with Crippen LogP contribution in [0.5, 0.6) is 0 Å². The Hall–Kier alpha value is -1.35. The molecule has 0 aromatic heterocycles. The van der Waals surface area contributed by atoms with E-state index in [9.17, 15) is 4.79 Å². The Labute approximate surface area is 88.6 Å². The zero-order valence-electron chi connectivity index (χ0n) is 8.43. The Morgan fingerprint density at radius 1 is 1.33 bits per heavy atom. The molecule has 0 spiro atoms. The maximum atomic E-state index is 12.1. The minimum absolute atomic E-state index is 0.145. The summed E-state index contributed by atoms with van der Waals surface area (Å²) in [5, 5.41) is 0. The quantitative estimate of drug-likeness (QED) is 0.688. The molecule has 3 nitrogen and oxygen atoms in total. The fourth-order valence-corrected chi connectivity index (χ4v) is 2.39. The molecule has 0 saturated carbocycles. The number of hydrogen-bond donors (Lipinski definition) is 0. The molecule has 2 bridgehead atoms. The van der Waals surface area contributed by atoms with Crippen molar-refractivity contribution in [2.75, 3.05) is 13.2 Å². The van der Waals surface area contributed by atoms with E-state index >= 15 is 0 Å². The Kier molecular flexibility index (Phi) is 1.99. The summed E-state index contributed by atoms with van der Waals surface area (Å²) in [6.45, 7) is 1.47. The molecule has 2 saturated heterocycles. The van der Waals surface area contributed by atoms with Crippen molar-refractivity contribution in [2.24, 2.45) is 0 Å². The second-order valence-corrected chi connectivity index (χ2v) is 4.17. The highest BCUT2D eigenvalue weighted by Crippen LogP contribution is 2.28. The van der Waals surface area contributed by atoms with Gasteiger partial charge < -0.3 is 9.64 Å². The summed E-state index contributed by atoms with van der Waals surface area (Å²) in [6, 6.07) is 9.78. The molecule has 1 aromatic rings. The average Bonchev–Trinajstić information content (AvgIpc) is 2.91. The summed E-state index contributed by atoms with van der Waals surface area (Å²) in [6.07, 6.45) is 1.29. The van der Waals surface area contributed by atoms with E-state index < -0.39 is 0 Å². The zero-order chi connectivity index (χ0) is 10.3. The smallest absolute Gasteiger partial charge is 0.254 e. The number of fused-ring (bicyclic) bond motifs is 2. The summed E-state index contributed by atoms with van der Waals surface area (Å²) in [5.74, 6) is 0.145. The Bertz CT molecular complexity index is 376. The van der Waals surface area contributed by atoms with E-state index in [2.05, 4.69) is 0 Å². The number of rotatable bonds is 1. The summed E-state index contributed by atoms with van der Waals surface area (Å²) in [7, 11) is 0. The fraction of sp³-hybridized carbons (Fsp3) is 0.417. The fourth-order valence-electron chi connectivity index (χ4n) is 2.39. The second-order valence-electron chi connectivity index (χ2n) is 4.17. The molecule has 2 aliphatic heterocycles. The number of likely N-dealkylation sites (tertiary alicyclic amines) is 1. The molecular formula is C12H13NO2. The van der Waals surface area contributed by atoms with Crippen LogP contribution in [-0.4, -0.2) is 36.1 Å². The van der Waals surface area contributed by atoms with E-state index in [1.165, 1.54) is 0 Å². The van der Waals surface area contributed by atoms with Crippen LogP contribution in [0.15, 0.2) is 30.3 Å². The number of hydrogen-bond acceptors (Lipinski definition) is 2. The lowest BCUT2D eigenvalue weighted by Crippen LogP contribution is -2.41. The lowest BCUT2D eigenvalue weighted by molar-refractivity contribution is 0.0259. The van der Waals surface area contributed by atoms with Crippen LogP contribution < -0.4 is 0 Å². The number of carbonyl (C=O) groups is 1. The van der Waals surface area contributed by atoms with E-state index in [0.717, 1.165) is 18.5 Å². The van der Waals surface area contributed by atoms with Gasteiger partial charge in [-0.1, -0.05) is 18.2 Å². The number of ether oxygens (including phenoxy) is 1. The third-order valence-corrected chi connectivity index (χ3v) is 3.18. The van der Waals surface area contributed by atoms with Crippen LogP contribution in [0.25, 0.3) is 0 Å². The second kappa shape index (κ2) is 3.35. The normalized spacial score (nSPS) is 28.4. The Morgan fingerprint density at radius 3 is 2.73 bits per heavy atom. The van der Waals surface area contributed by atoms with Gasteiger partial charge in [-0.2, -0.15) is 0 Å². The monoisotopic (exact) mass is 203 g/mol. The number of morpholine rings is 1. The molecule has 0 radical (unpaired) electrons. The van der Waals surface area contributed by atoms with Gasteiger partial charge in [0.25, 0.3) is 5.91 Å². The van der Waals surface area contributed by atoms with E-state index in [1.54, 1.807) is 0 Å². The maximum absolute atomic E-state index is 12.1. The van der Waals surface area contributed by atoms with Crippen LogP contribution >= 0.6 is 0 Å². The minimum atomic E-state index is 0.145. The first-order chi connectivity index (χ1) is 7.34. The topological polar surface area (TPSA) is 29.5 Å². The summed E-state index contributed by atoms with van der Waals surface area (Å²) in [5.41, 5.74) is 0.782. The van der Waals surface area contributed by atoms with Gasteiger partial charge in [0, 0.05) is 12.1 Å². The lowest BCUT2D eigenvalue weighted by Gasteiger charge is -2.26. The SMILES string of the molecule is O=C(c1ccccc1)N1C[C@@H]2C[C@H]1CO2. The van der Waals surface area contributed by atoms with Crippen molar-refractivity contribution in [1.82, 2.24) is 4.90 Å². The van der Waals surface area contributed by atoms with Crippen molar-refractivity contribution in [3.05, 3.63) is 35.9 Å². The van der Waals surface area contributed by atoms with Gasteiger partial charge in [0.1, 0.15) is 0 Å². The predicted molar refractivity (Wildman–Crippen MR) is 55.6 cm³/mol. The van der Waals surface area contributed by atoms with Crippen LogP contribution in [-0.2, 0) is 4.74 Å². The van der Waals surface area contributed by atoms with Crippen LogP contribution in [0.1, 0.15) is 16.8 Å². The summed E-state index contributed by atoms with van der Waals surface area (Å²) < 4.78 is 5.47. The van der Waals surface area contributed by atoms with Crippen LogP contribution in [0.3, 0.4) is 0 Å². The number of benzene rings is 1. The first-order valence-corrected chi connectivity index (χ1v) is 5.32. The van der Waals surface area contributed by atoms with Crippen molar-refractivity contribution >= 4 is 5.91 Å². The van der Waals surface area contributed by atoms with Crippen LogP contribution in [0, 0.1) is 0 Å². The van der Waals surface area contributed by atoms with Gasteiger partial charge in [-0.05, 0) is 18.6 Å². The van der Waals surface area contributed by atoms with Crippen LogP contribution in [0.4, 0.5) is 0 Å². The molecule has 3 rings (SSSR count). The molecule has 0 aliphatic carbocycles. The van der Waals surface area contributed by atoms with E-state index in [4.69, 9.17) is 4.74 Å². The minimum Gasteiger partial charge on any atom is -0.374 e. The molecule has 3 heteroatoms. The maximum Gasteiger partial charge on any atom is 0.254 e. The predicted octanol–water partition coefficient (Wildman–Crippen LogP) is 1.30. The van der Waals surface area contributed by atoms with Crippen molar-refractivity contribution in [2.45, 2.75) is 18.6 Å². The number of amides is 1. The molecule has 2 aliphatic rings. The molecule has 0 unspecified atom stereocenters. The molecule has 1 aromatic carbocycles. The summed E-state index contributed by atoms with van der Waals surface area (Å²) in [4.78, 5) is 14.1. The average molecular weight is 203 g/mol. The van der Waals surface area contributed by atoms with Crippen LogP contribution in [0.2, 0.25) is 0 Å². The molecule has 1 amide bonds.